The molecule has 0 aliphatic carbocycles. The van der Waals surface area contributed by atoms with E-state index in [0.717, 1.165) is 5.56 Å². The van der Waals surface area contributed by atoms with Crippen molar-refractivity contribution in [1.82, 2.24) is 0 Å². The van der Waals surface area contributed by atoms with Gasteiger partial charge in [0.1, 0.15) is 5.75 Å². The van der Waals surface area contributed by atoms with Gasteiger partial charge >= 0.3 is 0 Å². The summed E-state index contributed by atoms with van der Waals surface area (Å²) in [4.78, 5) is 12.6. The first-order valence-electron chi connectivity index (χ1n) is 9.66. The van der Waals surface area contributed by atoms with E-state index in [9.17, 15) is 13.2 Å². The maximum absolute atomic E-state index is 12.8. The molecule has 3 aromatic carbocycles. The monoisotopic (exact) mass is 440 g/mol. The molecular formula is C23H24N2O5S. The largest absolute Gasteiger partial charge is 0.494 e. The number of carbonyl (C=O) groups is 1. The van der Waals surface area contributed by atoms with Gasteiger partial charge in [0, 0.05) is 24.0 Å². The summed E-state index contributed by atoms with van der Waals surface area (Å²) in [6.07, 6.45) is 0. The predicted octanol–water partition coefficient (Wildman–Crippen LogP) is 4.28. The molecule has 162 valence electrons. The molecule has 0 fully saturated rings. The van der Waals surface area contributed by atoms with Gasteiger partial charge in [-0.05, 0) is 67.1 Å². The van der Waals surface area contributed by atoms with Gasteiger partial charge in [-0.2, -0.15) is 0 Å². The molecule has 7 nitrogen and oxygen atoms in total. The first kappa shape index (κ1) is 22.3. The molecule has 31 heavy (non-hydrogen) atoms. The van der Waals surface area contributed by atoms with Crippen LogP contribution in [0.2, 0.25) is 0 Å². The van der Waals surface area contributed by atoms with Crippen molar-refractivity contribution in [2.45, 2.75) is 18.4 Å². The maximum atomic E-state index is 12.8. The third-order valence-corrected chi connectivity index (χ3v) is 5.70. The summed E-state index contributed by atoms with van der Waals surface area (Å²) >= 11 is 0. The highest BCUT2D eigenvalue weighted by atomic mass is 32.2. The summed E-state index contributed by atoms with van der Waals surface area (Å²) in [7, 11) is -2.27. The summed E-state index contributed by atoms with van der Waals surface area (Å²) in [6, 6.07) is 19.7. The molecule has 1 amide bonds. The van der Waals surface area contributed by atoms with Crippen LogP contribution in [0, 0.1) is 0 Å². The van der Waals surface area contributed by atoms with Gasteiger partial charge in [0.2, 0.25) is 0 Å². The normalized spacial score (nSPS) is 11.0. The number of carbonyl (C=O) groups excluding carboxylic acids is 1. The number of amides is 1. The molecule has 0 bridgehead atoms. The molecule has 0 spiro atoms. The summed E-state index contributed by atoms with van der Waals surface area (Å²) < 4.78 is 38.5. The molecule has 0 atom stereocenters. The predicted molar refractivity (Wildman–Crippen MR) is 120 cm³/mol. The van der Waals surface area contributed by atoms with Crippen LogP contribution in [-0.2, 0) is 21.4 Å². The Hall–Kier alpha value is -3.36. The van der Waals surface area contributed by atoms with Crippen LogP contribution in [0.3, 0.4) is 0 Å². The maximum Gasteiger partial charge on any atom is 0.261 e. The first-order valence-corrected chi connectivity index (χ1v) is 11.1. The van der Waals surface area contributed by atoms with Gasteiger partial charge in [0.05, 0.1) is 18.1 Å². The molecule has 0 aliphatic heterocycles. The Labute approximate surface area is 182 Å². The van der Waals surface area contributed by atoms with Gasteiger partial charge in [-0.1, -0.05) is 18.2 Å². The van der Waals surface area contributed by atoms with Crippen molar-refractivity contribution in [1.29, 1.82) is 0 Å². The molecule has 0 saturated heterocycles. The zero-order chi connectivity index (χ0) is 22.3. The Morgan fingerprint density at radius 2 is 1.68 bits per heavy atom. The number of benzene rings is 3. The number of anilines is 2. The molecule has 0 aliphatic rings. The van der Waals surface area contributed by atoms with Crippen molar-refractivity contribution >= 4 is 27.3 Å². The van der Waals surface area contributed by atoms with Crippen molar-refractivity contribution in [2.24, 2.45) is 0 Å². The van der Waals surface area contributed by atoms with Crippen molar-refractivity contribution in [3.63, 3.8) is 0 Å². The molecule has 0 unspecified atom stereocenters. The molecular weight excluding hydrogens is 416 g/mol. The van der Waals surface area contributed by atoms with Gasteiger partial charge in [0.15, 0.2) is 0 Å². The summed E-state index contributed by atoms with van der Waals surface area (Å²) in [5.41, 5.74) is 2.14. The van der Waals surface area contributed by atoms with E-state index < -0.39 is 15.9 Å². The standard InChI is InChI=1S/C23H24N2O5S/c1-3-30-21-12-10-19(11-13-21)25-31(27,28)22-9-5-7-18(15-22)23(26)24-20-8-4-6-17(14-20)16-29-2/h4-15,25H,3,16H2,1-2H3,(H,24,26). The summed E-state index contributed by atoms with van der Waals surface area (Å²) in [6.45, 7) is 2.82. The quantitative estimate of drug-likeness (QED) is 0.518. The zero-order valence-electron chi connectivity index (χ0n) is 17.3. The SMILES string of the molecule is CCOc1ccc(NS(=O)(=O)c2cccc(C(=O)Nc3cccc(COC)c3)c2)cc1. The van der Waals surface area contributed by atoms with Gasteiger partial charge < -0.3 is 14.8 Å². The zero-order valence-corrected chi connectivity index (χ0v) is 18.1. The van der Waals surface area contributed by atoms with Crippen LogP contribution in [0.25, 0.3) is 0 Å². The van der Waals surface area contributed by atoms with E-state index >= 15 is 0 Å². The van der Waals surface area contributed by atoms with Crippen molar-refractivity contribution in [2.75, 3.05) is 23.8 Å². The fraction of sp³-hybridized carbons (Fsp3) is 0.174. The molecule has 0 saturated carbocycles. The van der Waals surface area contributed by atoms with Crippen LogP contribution >= 0.6 is 0 Å². The van der Waals surface area contributed by atoms with Crippen molar-refractivity contribution in [3.05, 3.63) is 83.9 Å². The lowest BCUT2D eigenvalue weighted by Gasteiger charge is -2.11. The Kier molecular flexibility index (Phi) is 7.28. The Morgan fingerprint density at radius 3 is 2.39 bits per heavy atom. The lowest BCUT2D eigenvalue weighted by Crippen LogP contribution is -2.16. The first-order chi connectivity index (χ1) is 14.9. The lowest BCUT2D eigenvalue weighted by atomic mass is 10.2. The third kappa shape index (κ3) is 6.07. The highest BCUT2D eigenvalue weighted by molar-refractivity contribution is 7.92. The summed E-state index contributed by atoms with van der Waals surface area (Å²) in [5.74, 6) is 0.242. The number of hydrogen-bond acceptors (Lipinski definition) is 5. The van der Waals surface area contributed by atoms with Gasteiger partial charge in [-0.15, -0.1) is 0 Å². The van der Waals surface area contributed by atoms with Crippen LogP contribution in [0.1, 0.15) is 22.8 Å². The molecule has 0 radical (unpaired) electrons. The summed E-state index contributed by atoms with van der Waals surface area (Å²) in [5, 5.41) is 2.78. The lowest BCUT2D eigenvalue weighted by molar-refractivity contribution is 0.102. The van der Waals surface area contributed by atoms with E-state index in [0.29, 0.717) is 30.3 Å². The van der Waals surface area contributed by atoms with E-state index in [-0.39, 0.29) is 10.5 Å². The number of nitrogens with one attached hydrogen (secondary N) is 2. The molecule has 2 N–H and O–H groups in total. The van der Waals surface area contributed by atoms with Crippen LogP contribution in [0.4, 0.5) is 11.4 Å². The Morgan fingerprint density at radius 1 is 0.935 bits per heavy atom. The smallest absolute Gasteiger partial charge is 0.261 e. The highest BCUT2D eigenvalue weighted by Gasteiger charge is 2.17. The molecule has 8 heteroatoms. The number of sulfonamides is 1. The minimum absolute atomic E-state index is 0.0119. The fourth-order valence-corrected chi connectivity index (χ4v) is 4.02. The molecule has 3 rings (SSSR count). The van der Waals surface area contributed by atoms with Gasteiger partial charge in [0.25, 0.3) is 15.9 Å². The second-order valence-electron chi connectivity index (χ2n) is 6.68. The minimum Gasteiger partial charge on any atom is -0.494 e. The number of ether oxygens (including phenoxy) is 2. The Bertz CT molecular complexity index is 1140. The Balaban J connectivity index is 1.75. The van der Waals surface area contributed by atoms with Crippen LogP contribution in [0.15, 0.2) is 77.7 Å². The average Bonchev–Trinajstić information content (AvgIpc) is 2.76. The second kappa shape index (κ2) is 10.1. The molecule has 3 aromatic rings. The topological polar surface area (TPSA) is 93.7 Å². The van der Waals surface area contributed by atoms with Crippen LogP contribution in [-0.4, -0.2) is 28.0 Å². The van der Waals surface area contributed by atoms with Crippen LogP contribution in [0.5, 0.6) is 5.75 Å². The van der Waals surface area contributed by atoms with Crippen LogP contribution < -0.4 is 14.8 Å². The van der Waals surface area contributed by atoms with Crippen molar-refractivity contribution in [3.8, 4) is 5.75 Å². The van der Waals surface area contributed by atoms with E-state index in [1.807, 2.05) is 19.1 Å². The average molecular weight is 441 g/mol. The van der Waals surface area contributed by atoms with E-state index in [1.54, 1.807) is 49.6 Å². The van der Waals surface area contributed by atoms with E-state index in [2.05, 4.69) is 10.0 Å². The van der Waals surface area contributed by atoms with Gasteiger partial charge in [-0.25, -0.2) is 8.42 Å². The molecule has 0 aromatic heterocycles. The number of hydrogen-bond donors (Lipinski definition) is 2. The van der Waals surface area contributed by atoms with Gasteiger partial charge in [-0.3, -0.25) is 9.52 Å². The second-order valence-corrected chi connectivity index (χ2v) is 8.36. The van der Waals surface area contributed by atoms with E-state index in [4.69, 9.17) is 9.47 Å². The number of methoxy groups -OCH3 is 1. The minimum atomic E-state index is -3.87. The third-order valence-electron chi connectivity index (χ3n) is 4.32. The highest BCUT2D eigenvalue weighted by Crippen LogP contribution is 2.21. The van der Waals surface area contributed by atoms with E-state index in [1.165, 1.54) is 18.2 Å². The molecule has 0 heterocycles. The number of rotatable bonds is 9. The van der Waals surface area contributed by atoms with Crippen molar-refractivity contribution < 1.29 is 22.7 Å². The fourth-order valence-electron chi connectivity index (χ4n) is 2.91.